The highest BCUT2D eigenvalue weighted by molar-refractivity contribution is 9.10. The maximum Gasteiger partial charge on any atom is 0.337 e. The molecule has 2 aromatic rings. The van der Waals surface area contributed by atoms with Crippen molar-refractivity contribution >= 4 is 38.5 Å². The Morgan fingerprint density at radius 2 is 2.08 bits per heavy atom. The normalized spacial score (nSPS) is 10.6. The predicted molar refractivity (Wildman–Crippen MR) is 55.2 cm³/mol. The van der Waals surface area contributed by atoms with Crippen LogP contribution in [0.5, 0.6) is 0 Å². The number of hydrogen-bond acceptors (Lipinski definition) is 2. The third-order valence-corrected chi connectivity index (χ3v) is 2.46. The van der Waals surface area contributed by atoms with Crippen molar-refractivity contribution in [2.45, 2.75) is 0 Å². The summed E-state index contributed by atoms with van der Waals surface area (Å²) in [5, 5.41) is 1.16. The van der Waals surface area contributed by atoms with Crippen LogP contribution in [0.2, 0.25) is 5.02 Å². The molecule has 0 aliphatic carbocycles. The summed E-state index contributed by atoms with van der Waals surface area (Å²) in [7, 11) is 0. The van der Waals surface area contributed by atoms with Crippen molar-refractivity contribution in [3.05, 3.63) is 44.2 Å². The fraction of sp³-hybridized carbons (Fsp3) is 0. The molecule has 0 N–H and O–H groups in total. The van der Waals surface area contributed by atoms with Gasteiger partial charge in [-0.15, -0.1) is 0 Å². The first-order valence-electron chi connectivity index (χ1n) is 3.56. The molecule has 1 aromatic carbocycles. The van der Waals surface area contributed by atoms with E-state index in [9.17, 15) is 4.79 Å². The zero-order chi connectivity index (χ0) is 9.42. The van der Waals surface area contributed by atoms with Crippen LogP contribution < -0.4 is 5.63 Å². The molecule has 66 valence electrons. The van der Waals surface area contributed by atoms with Gasteiger partial charge in [0.1, 0.15) is 5.58 Å². The first-order chi connectivity index (χ1) is 6.16. The van der Waals surface area contributed by atoms with Crippen LogP contribution in [0.1, 0.15) is 0 Å². The molecular formula is C9H4BrClO2. The number of benzene rings is 1. The molecule has 0 amide bonds. The van der Waals surface area contributed by atoms with E-state index in [0.717, 1.165) is 9.86 Å². The second-order valence-corrected chi connectivity index (χ2v) is 3.88. The minimum Gasteiger partial charge on any atom is -0.423 e. The molecule has 0 saturated carbocycles. The fourth-order valence-electron chi connectivity index (χ4n) is 1.10. The third kappa shape index (κ3) is 1.62. The van der Waals surface area contributed by atoms with E-state index < -0.39 is 5.63 Å². The van der Waals surface area contributed by atoms with Gasteiger partial charge in [-0.2, -0.15) is 0 Å². The van der Waals surface area contributed by atoms with E-state index in [1.54, 1.807) is 12.1 Å². The minimum atomic E-state index is -0.435. The van der Waals surface area contributed by atoms with Crippen molar-refractivity contribution in [1.29, 1.82) is 0 Å². The Morgan fingerprint density at radius 3 is 2.85 bits per heavy atom. The Bertz CT molecular complexity index is 518. The molecule has 4 heteroatoms. The van der Waals surface area contributed by atoms with Gasteiger partial charge in [-0.05, 0) is 18.2 Å². The molecular weight excluding hydrogens is 255 g/mol. The van der Waals surface area contributed by atoms with Crippen molar-refractivity contribution in [2.24, 2.45) is 0 Å². The van der Waals surface area contributed by atoms with E-state index in [2.05, 4.69) is 15.9 Å². The predicted octanol–water partition coefficient (Wildman–Crippen LogP) is 3.21. The second-order valence-electron chi connectivity index (χ2n) is 2.55. The van der Waals surface area contributed by atoms with E-state index in [0.29, 0.717) is 10.6 Å². The summed E-state index contributed by atoms with van der Waals surface area (Å²) >= 11 is 9.12. The Balaban J connectivity index is 2.94. The molecule has 0 radical (unpaired) electrons. The SMILES string of the molecule is O=c1cc(Cl)c2ccc(Br)cc2o1. The topological polar surface area (TPSA) is 30.2 Å². The molecule has 0 atom stereocenters. The average Bonchev–Trinajstić information content (AvgIpc) is 2.02. The van der Waals surface area contributed by atoms with E-state index in [1.165, 1.54) is 6.07 Å². The monoisotopic (exact) mass is 258 g/mol. The molecule has 0 bridgehead atoms. The molecule has 0 aliphatic heterocycles. The highest BCUT2D eigenvalue weighted by atomic mass is 79.9. The van der Waals surface area contributed by atoms with E-state index in [4.69, 9.17) is 16.0 Å². The Hall–Kier alpha value is -0.800. The largest absolute Gasteiger partial charge is 0.423 e. The van der Waals surface area contributed by atoms with Crippen LogP contribution in [0.15, 0.2) is 37.9 Å². The van der Waals surface area contributed by atoms with Crippen LogP contribution >= 0.6 is 27.5 Å². The summed E-state index contributed by atoms with van der Waals surface area (Å²) in [6, 6.07) is 6.61. The lowest BCUT2D eigenvalue weighted by molar-refractivity contribution is 0.561. The third-order valence-electron chi connectivity index (χ3n) is 1.66. The number of hydrogen-bond donors (Lipinski definition) is 0. The molecule has 2 nitrogen and oxygen atoms in total. The van der Waals surface area contributed by atoms with Gasteiger partial charge in [0, 0.05) is 15.9 Å². The van der Waals surface area contributed by atoms with Crippen molar-refractivity contribution in [1.82, 2.24) is 0 Å². The highest BCUT2D eigenvalue weighted by Gasteiger charge is 2.02. The van der Waals surface area contributed by atoms with Crippen LogP contribution in [0.4, 0.5) is 0 Å². The first-order valence-corrected chi connectivity index (χ1v) is 4.73. The molecule has 1 aromatic heterocycles. The van der Waals surface area contributed by atoms with Crippen LogP contribution in [-0.4, -0.2) is 0 Å². The zero-order valence-corrected chi connectivity index (χ0v) is 8.72. The average molecular weight is 259 g/mol. The summed E-state index contributed by atoms with van der Waals surface area (Å²) < 4.78 is 5.81. The van der Waals surface area contributed by atoms with Crippen LogP contribution in [0.25, 0.3) is 11.0 Å². The van der Waals surface area contributed by atoms with E-state index in [-0.39, 0.29) is 0 Å². The molecule has 0 saturated heterocycles. The summed E-state index contributed by atoms with van der Waals surface area (Å²) in [6.45, 7) is 0. The maximum atomic E-state index is 10.9. The Morgan fingerprint density at radius 1 is 1.31 bits per heavy atom. The molecule has 0 fully saturated rings. The molecule has 0 aliphatic rings. The standard InChI is InChI=1S/C9H4BrClO2/c10-5-1-2-6-7(11)4-9(12)13-8(6)3-5/h1-4H. The summed E-state index contributed by atoms with van der Waals surface area (Å²) in [6.07, 6.45) is 0. The molecule has 0 spiro atoms. The van der Waals surface area contributed by atoms with Gasteiger partial charge in [-0.3, -0.25) is 0 Å². The van der Waals surface area contributed by atoms with Gasteiger partial charge in [0.25, 0.3) is 0 Å². The minimum absolute atomic E-state index is 0.416. The molecule has 2 rings (SSSR count). The van der Waals surface area contributed by atoms with Crippen molar-refractivity contribution in [3.63, 3.8) is 0 Å². The lowest BCUT2D eigenvalue weighted by Crippen LogP contribution is -1.95. The number of rotatable bonds is 0. The van der Waals surface area contributed by atoms with Gasteiger partial charge in [0.2, 0.25) is 0 Å². The summed E-state index contributed by atoms with van der Waals surface area (Å²) in [4.78, 5) is 10.9. The lowest BCUT2D eigenvalue weighted by Gasteiger charge is -1.97. The van der Waals surface area contributed by atoms with Crippen LogP contribution in [0.3, 0.4) is 0 Å². The lowest BCUT2D eigenvalue weighted by atomic mass is 10.2. The fourth-order valence-corrected chi connectivity index (χ4v) is 1.68. The quantitative estimate of drug-likeness (QED) is 0.680. The van der Waals surface area contributed by atoms with Gasteiger partial charge in [-0.25, -0.2) is 4.79 Å². The van der Waals surface area contributed by atoms with Crippen molar-refractivity contribution < 1.29 is 4.42 Å². The Labute approximate surface area is 87.3 Å². The smallest absolute Gasteiger partial charge is 0.337 e. The van der Waals surface area contributed by atoms with Crippen molar-refractivity contribution in [2.75, 3.05) is 0 Å². The summed E-state index contributed by atoms with van der Waals surface area (Å²) in [5.41, 5.74) is 0.0578. The van der Waals surface area contributed by atoms with Gasteiger partial charge < -0.3 is 4.42 Å². The van der Waals surface area contributed by atoms with E-state index in [1.807, 2.05) is 6.07 Å². The van der Waals surface area contributed by atoms with Gasteiger partial charge >= 0.3 is 5.63 Å². The van der Waals surface area contributed by atoms with Crippen LogP contribution in [0, 0.1) is 0 Å². The zero-order valence-electron chi connectivity index (χ0n) is 6.38. The highest BCUT2D eigenvalue weighted by Crippen LogP contribution is 2.24. The second kappa shape index (κ2) is 3.16. The van der Waals surface area contributed by atoms with Gasteiger partial charge in [0.05, 0.1) is 5.02 Å². The van der Waals surface area contributed by atoms with E-state index >= 15 is 0 Å². The van der Waals surface area contributed by atoms with Gasteiger partial charge in [-0.1, -0.05) is 27.5 Å². The summed E-state index contributed by atoms with van der Waals surface area (Å²) in [5.74, 6) is 0. The molecule has 1 heterocycles. The molecule has 13 heavy (non-hydrogen) atoms. The Kier molecular flexibility index (Phi) is 2.14. The van der Waals surface area contributed by atoms with Crippen LogP contribution in [-0.2, 0) is 0 Å². The number of halogens is 2. The van der Waals surface area contributed by atoms with Crippen molar-refractivity contribution in [3.8, 4) is 0 Å². The first kappa shape index (κ1) is 8.78. The number of fused-ring (bicyclic) bond motifs is 1. The maximum absolute atomic E-state index is 10.9. The van der Waals surface area contributed by atoms with Gasteiger partial charge in [0.15, 0.2) is 0 Å². The molecule has 0 unspecified atom stereocenters.